The van der Waals surface area contributed by atoms with Crippen LogP contribution in [0.3, 0.4) is 0 Å². The standard InChI is InChI=1S/C20H32N2O/c1-14(2)18-8-6-7-16(4)20(18)21-19(23)13-22(5)17-11-9-15(3)10-12-17/h6-8,14-15,17H,9-13H2,1-5H3,(H,21,23). The number of nitrogens with zero attached hydrogens (tertiary/aromatic N) is 1. The average Bonchev–Trinajstić information content (AvgIpc) is 2.49. The molecule has 1 aliphatic rings. The number of nitrogens with one attached hydrogen (secondary N) is 1. The number of carbonyl (C=O) groups excluding carboxylic acids is 1. The van der Waals surface area contributed by atoms with Crippen LogP contribution in [0.2, 0.25) is 0 Å². The Morgan fingerprint density at radius 3 is 2.52 bits per heavy atom. The van der Waals surface area contributed by atoms with Crippen LogP contribution < -0.4 is 5.32 Å². The maximum Gasteiger partial charge on any atom is 0.238 e. The van der Waals surface area contributed by atoms with Crippen LogP contribution in [0.5, 0.6) is 0 Å². The minimum atomic E-state index is 0.0994. The van der Waals surface area contributed by atoms with Crippen molar-refractivity contribution in [2.24, 2.45) is 5.92 Å². The molecule has 1 aliphatic carbocycles. The zero-order valence-corrected chi connectivity index (χ0v) is 15.4. The van der Waals surface area contributed by atoms with E-state index in [1.54, 1.807) is 0 Å². The Hall–Kier alpha value is -1.35. The zero-order valence-electron chi connectivity index (χ0n) is 15.4. The lowest BCUT2D eigenvalue weighted by Crippen LogP contribution is -2.40. The van der Waals surface area contributed by atoms with Crippen molar-refractivity contribution in [3.05, 3.63) is 29.3 Å². The molecule has 0 bridgehead atoms. The quantitative estimate of drug-likeness (QED) is 0.863. The minimum Gasteiger partial charge on any atom is -0.324 e. The van der Waals surface area contributed by atoms with E-state index in [1.165, 1.54) is 31.2 Å². The molecule has 0 spiro atoms. The van der Waals surface area contributed by atoms with Gasteiger partial charge in [-0.1, -0.05) is 39.0 Å². The van der Waals surface area contributed by atoms with Crippen molar-refractivity contribution in [3.63, 3.8) is 0 Å². The number of anilines is 1. The van der Waals surface area contributed by atoms with Crippen LogP contribution in [-0.4, -0.2) is 30.4 Å². The highest BCUT2D eigenvalue weighted by Crippen LogP contribution is 2.28. The van der Waals surface area contributed by atoms with Gasteiger partial charge in [0.1, 0.15) is 0 Å². The van der Waals surface area contributed by atoms with Crippen molar-refractivity contribution >= 4 is 11.6 Å². The number of benzene rings is 1. The molecule has 0 unspecified atom stereocenters. The van der Waals surface area contributed by atoms with Crippen molar-refractivity contribution in [3.8, 4) is 0 Å². The first-order chi connectivity index (χ1) is 10.9. The largest absolute Gasteiger partial charge is 0.324 e. The van der Waals surface area contributed by atoms with Gasteiger partial charge in [0.2, 0.25) is 5.91 Å². The molecule has 2 rings (SSSR count). The van der Waals surface area contributed by atoms with Gasteiger partial charge in [0, 0.05) is 11.7 Å². The van der Waals surface area contributed by atoms with Gasteiger partial charge in [-0.25, -0.2) is 0 Å². The second-order valence-corrected chi connectivity index (χ2v) is 7.57. The zero-order chi connectivity index (χ0) is 17.0. The number of likely N-dealkylation sites (N-methyl/N-ethyl adjacent to an activating group) is 1. The lowest BCUT2D eigenvalue weighted by molar-refractivity contribution is -0.117. The fourth-order valence-electron chi connectivity index (χ4n) is 3.56. The number of hydrogen-bond acceptors (Lipinski definition) is 2. The Bertz CT molecular complexity index is 530. The van der Waals surface area contributed by atoms with Crippen molar-refractivity contribution in [1.82, 2.24) is 4.90 Å². The van der Waals surface area contributed by atoms with E-state index in [9.17, 15) is 4.79 Å². The Labute approximate surface area is 141 Å². The molecule has 3 nitrogen and oxygen atoms in total. The number of carbonyl (C=O) groups is 1. The first-order valence-electron chi connectivity index (χ1n) is 8.98. The Morgan fingerprint density at radius 1 is 1.26 bits per heavy atom. The van der Waals surface area contributed by atoms with Crippen LogP contribution in [0.4, 0.5) is 5.69 Å². The average molecular weight is 316 g/mol. The molecule has 1 aromatic rings. The molecule has 1 amide bonds. The third-order valence-electron chi connectivity index (χ3n) is 5.19. The van der Waals surface area contributed by atoms with E-state index >= 15 is 0 Å². The highest BCUT2D eigenvalue weighted by Gasteiger charge is 2.23. The molecular formula is C20H32N2O. The van der Waals surface area contributed by atoms with Crippen LogP contribution in [-0.2, 0) is 4.79 Å². The Balaban J connectivity index is 1.97. The molecule has 1 fully saturated rings. The van der Waals surface area contributed by atoms with Gasteiger partial charge >= 0.3 is 0 Å². The third kappa shape index (κ3) is 4.81. The number of aryl methyl sites for hydroxylation is 1. The lowest BCUT2D eigenvalue weighted by Gasteiger charge is -2.33. The molecule has 0 radical (unpaired) electrons. The molecule has 0 saturated heterocycles. The van der Waals surface area contributed by atoms with Gasteiger partial charge in [0.05, 0.1) is 6.54 Å². The summed E-state index contributed by atoms with van der Waals surface area (Å²) in [5.74, 6) is 1.35. The number of rotatable bonds is 5. The number of para-hydroxylation sites is 1. The topological polar surface area (TPSA) is 32.3 Å². The molecule has 1 N–H and O–H groups in total. The van der Waals surface area contributed by atoms with Gasteiger partial charge in [-0.3, -0.25) is 9.69 Å². The highest BCUT2D eigenvalue weighted by atomic mass is 16.2. The predicted octanol–water partition coefficient (Wildman–Crippen LogP) is 4.57. The smallest absolute Gasteiger partial charge is 0.238 e. The van der Waals surface area contributed by atoms with Crippen molar-refractivity contribution in [2.45, 2.75) is 65.3 Å². The maximum atomic E-state index is 12.5. The summed E-state index contributed by atoms with van der Waals surface area (Å²) in [6.45, 7) is 9.20. The summed E-state index contributed by atoms with van der Waals surface area (Å²) in [6, 6.07) is 6.79. The van der Waals surface area contributed by atoms with Gasteiger partial charge in [-0.15, -0.1) is 0 Å². The van der Waals surface area contributed by atoms with Crippen molar-refractivity contribution < 1.29 is 4.79 Å². The molecular weight excluding hydrogens is 284 g/mol. The molecule has 0 aliphatic heterocycles. The normalized spacial score (nSPS) is 21.7. The van der Waals surface area contributed by atoms with Crippen LogP contribution >= 0.6 is 0 Å². The Morgan fingerprint density at radius 2 is 1.91 bits per heavy atom. The second-order valence-electron chi connectivity index (χ2n) is 7.57. The highest BCUT2D eigenvalue weighted by molar-refractivity contribution is 5.93. The van der Waals surface area contributed by atoms with E-state index in [0.29, 0.717) is 18.5 Å². The second kappa shape index (κ2) is 7.96. The summed E-state index contributed by atoms with van der Waals surface area (Å²) in [6.07, 6.45) is 5.00. The molecule has 1 aromatic carbocycles. The summed E-state index contributed by atoms with van der Waals surface area (Å²) in [7, 11) is 2.08. The fraction of sp³-hybridized carbons (Fsp3) is 0.650. The van der Waals surface area contributed by atoms with Gasteiger partial charge in [-0.2, -0.15) is 0 Å². The minimum absolute atomic E-state index is 0.0994. The summed E-state index contributed by atoms with van der Waals surface area (Å²) < 4.78 is 0. The van der Waals surface area contributed by atoms with E-state index in [0.717, 1.165) is 17.2 Å². The number of amides is 1. The van der Waals surface area contributed by atoms with E-state index in [2.05, 4.69) is 63.2 Å². The summed E-state index contributed by atoms with van der Waals surface area (Å²) in [5, 5.41) is 3.16. The lowest BCUT2D eigenvalue weighted by atomic mass is 9.87. The third-order valence-corrected chi connectivity index (χ3v) is 5.19. The molecule has 23 heavy (non-hydrogen) atoms. The van der Waals surface area contributed by atoms with Crippen LogP contribution in [0.25, 0.3) is 0 Å². The van der Waals surface area contributed by atoms with E-state index < -0.39 is 0 Å². The van der Waals surface area contributed by atoms with Gasteiger partial charge in [0.25, 0.3) is 0 Å². The van der Waals surface area contributed by atoms with Gasteiger partial charge in [0.15, 0.2) is 0 Å². The molecule has 128 valence electrons. The van der Waals surface area contributed by atoms with E-state index in [-0.39, 0.29) is 5.91 Å². The fourth-order valence-corrected chi connectivity index (χ4v) is 3.56. The number of hydrogen-bond donors (Lipinski definition) is 1. The molecule has 0 heterocycles. The molecule has 0 atom stereocenters. The summed E-state index contributed by atoms with van der Waals surface area (Å²) in [4.78, 5) is 14.7. The van der Waals surface area contributed by atoms with Crippen molar-refractivity contribution in [1.29, 1.82) is 0 Å². The first kappa shape index (κ1) is 18.0. The van der Waals surface area contributed by atoms with Gasteiger partial charge in [-0.05, 0) is 62.6 Å². The first-order valence-corrected chi connectivity index (χ1v) is 8.98. The predicted molar refractivity (Wildman–Crippen MR) is 97.9 cm³/mol. The SMILES string of the molecule is Cc1cccc(C(C)C)c1NC(=O)CN(C)C1CCC(C)CC1. The molecule has 3 heteroatoms. The van der Waals surface area contributed by atoms with E-state index in [1.807, 2.05) is 0 Å². The summed E-state index contributed by atoms with van der Waals surface area (Å²) in [5.41, 5.74) is 3.35. The molecule has 0 aromatic heterocycles. The van der Waals surface area contributed by atoms with Crippen LogP contribution in [0.15, 0.2) is 18.2 Å². The van der Waals surface area contributed by atoms with Gasteiger partial charge < -0.3 is 5.32 Å². The van der Waals surface area contributed by atoms with Crippen LogP contribution in [0.1, 0.15) is 63.5 Å². The van der Waals surface area contributed by atoms with Crippen molar-refractivity contribution in [2.75, 3.05) is 18.9 Å². The van der Waals surface area contributed by atoms with E-state index in [4.69, 9.17) is 0 Å². The summed E-state index contributed by atoms with van der Waals surface area (Å²) >= 11 is 0. The monoisotopic (exact) mass is 316 g/mol. The Kier molecular flexibility index (Phi) is 6.23. The van der Waals surface area contributed by atoms with Crippen LogP contribution in [0, 0.1) is 12.8 Å². The maximum absolute atomic E-state index is 12.5. The molecule has 1 saturated carbocycles.